The monoisotopic (exact) mass is 298 g/mol. The van der Waals surface area contributed by atoms with Gasteiger partial charge < -0.3 is 10.3 Å². The van der Waals surface area contributed by atoms with Crippen LogP contribution in [-0.2, 0) is 5.75 Å². The molecule has 5 nitrogen and oxygen atoms in total. The van der Waals surface area contributed by atoms with Gasteiger partial charge in [0.05, 0.1) is 17.0 Å². The smallest absolute Gasteiger partial charge is 0.259 e. The highest BCUT2D eigenvalue weighted by Crippen LogP contribution is 2.24. The third kappa shape index (κ3) is 3.41. The maximum Gasteiger partial charge on any atom is 0.259 e. The van der Waals surface area contributed by atoms with Crippen LogP contribution in [0.1, 0.15) is 11.4 Å². The van der Waals surface area contributed by atoms with Crippen molar-refractivity contribution in [2.24, 2.45) is 0 Å². The average Bonchev–Trinajstić information content (AvgIpc) is 2.94. The van der Waals surface area contributed by atoms with E-state index in [1.165, 1.54) is 10.5 Å². The predicted molar refractivity (Wildman–Crippen MR) is 82.7 cm³/mol. The first-order valence-electron chi connectivity index (χ1n) is 6.44. The van der Waals surface area contributed by atoms with Crippen LogP contribution in [0.15, 0.2) is 52.1 Å². The number of benzene rings is 1. The fourth-order valence-corrected chi connectivity index (χ4v) is 2.71. The summed E-state index contributed by atoms with van der Waals surface area (Å²) < 4.78 is 5.25. The van der Waals surface area contributed by atoms with Crippen molar-refractivity contribution < 1.29 is 4.52 Å². The maximum atomic E-state index is 5.70. The van der Waals surface area contributed by atoms with E-state index in [4.69, 9.17) is 10.3 Å². The van der Waals surface area contributed by atoms with E-state index in [0.717, 1.165) is 5.56 Å². The van der Waals surface area contributed by atoms with Crippen molar-refractivity contribution in [3.8, 4) is 11.5 Å². The molecule has 0 saturated heterocycles. The molecule has 0 unspecified atom stereocenters. The van der Waals surface area contributed by atoms with Gasteiger partial charge in [0.2, 0.25) is 0 Å². The minimum Gasteiger partial charge on any atom is -0.397 e. The number of rotatable bonds is 4. The Balaban J connectivity index is 1.71. The summed E-state index contributed by atoms with van der Waals surface area (Å²) in [5.41, 5.74) is 8.23. The number of pyridine rings is 1. The van der Waals surface area contributed by atoms with Crippen molar-refractivity contribution in [2.75, 3.05) is 5.73 Å². The van der Waals surface area contributed by atoms with Crippen molar-refractivity contribution >= 4 is 17.4 Å². The molecule has 0 amide bonds. The second-order valence-electron chi connectivity index (χ2n) is 4.63. The molecule has 2 aromatic heterocycles. The van der Waals surface area contributed by atoms with E-state index >= 15 is 0 Å². The molecule has 0 saturated carbocycles. The molecule has 0 bridgehead atoms. The molecule has 0 radical (unpaired) electrons. The molecule has 3 aromatic rings. The summed E-state index contributed by atoms with van der Waals surface area (Å²) in [5.74, 6) is 1.75. The Morgan fingerprint density at radius 2 is 2.14 bits per heavy atom. The Bertz CT molecular complexity index is 757. The summed E-state index contributed by atoms with van der Waals surface area (Å²) in [4.78, 5) is 9.57. The fraction of sp³-hybridized carbons (Fsp3) is 0.133. The number of aromatic nitrogens is 3. The normalized spacial score (nSPS) is 10.7. The number of hydrogen-bond donors (Lipinski definition) is 1. The van der Waals surface area contributed by atoms with Gasteiger partial charge in [0.25, 0.3) is 5.89 Å². The lowest BCUT2D eigenvalue weighted by Crippen LogP contribution is -1.88. The molecule has 21 heavy (non-hydrogen) atoms. The summed E-state index contributed by atoms with van der Waals surface area (Å²) in [7, 11) is 0. The minimum atomic E-state index is 0.439. The highest BCUT2D eigenvalue weighted by molar-refractivity contribution is 7.98. The Hall–Kier alpha value is -2.34. The van der Waals surface area contributed by atoms with E-state index < -0.39 is 0 Å². The van der Waals surface area contributed by atoms with Crippen LogP contribution in [0.25, 0.3) is 11.5 Å². The minimum absolute atomic E-state index is 0.439. The van der Waals surface area contributed by atoms with Gasteiger partial charge >= 0.3 is 0 Å². The van der Waals surface area contributed by atoms with Crippen LogP contribution >= 0.6 is 11.8 Å². The van der Waals surface area contributed by atoms with Crippen LogP contribution in [0.5, 0.6) is 0 Å². The fourth-order valence-electron chi connectivity index (χ4n) is 1.86. The van der Waals surface area contributed by atoms with Crippen LogP contribution in [-0.4, -0.2) is 15.1 Å². The van der Waals surface area contributed by atoms with Crippen molar-refractivity contribution in [1.82, 2.24) is 15.1 Å². The van der Waals surface area contributed by atoms with E-state index in [1.54, 1.807) is 30.2 Å². The third-order valence-corrected chi connectivity index (χ3v) is 3.82. The van der Waals surface area contributed by atoms with Gasteiger partial charge in [-0.05, 0) is 25.1 Å². The van der Waals surface area contributed by atoms with Gasteiger partial charge in [-0.25, -0.2) is 0 Å². The highest BCUT2D eigenvalue weighted by atomic mass is 32.2. The number of thioether (sulfide) groups is 1. The van der Waals surface area contributed by atoms with Crippen molar-refractivity contribution in [3.63, 3.8) is 0 Å². The van der Waals surface area contributed by atoms with Crippen molar-refractivity contribution in [3.05, 3.63) is 54.1 Å². The van der Waals surface area contributed by atoms with Gasteiger partial charge in [-0.3, -0.25) is 4.98 Å². The number of aryl methyl sites for hydroxylation is 1. The molecule has 1 aromatic carbocycles. The van der Waals surface area contributed by atoms with E-state index in [1.807, 2.05) is 6.07 Å². The Kier molecular flexibility index (Phi) is 3.87. The van der Waals surface area contributed by atoms with Crippen LogP contribution in [0.2, 0.25) is 0 Å². The maximum absolute atomic E-state index is 5.70. The molecule has 106 valence electrons. The topological polar surface area (TPSA) is 77.8 Å². The van der Waals surface area contributed by atoms with Gasteiger partial charge in [0.1, 0.15) is 0 Å². The van der Waals surface area contributed by atoms with E-state index in [-0.39, 0.29) is 0 Å². The summed E-state index contributed by atoms with van der Waals surface area (Å²) in [5, 5.41) is 3.98. The third-order valence-electron chi connectivity index (χ3n) is 2.83. The van der Waals surface area contributed by atoms with Crippen LogP contribution in [0.4, 0.5) is 5.69 Å². The zero-order chi connectivity index (χ0) is 14.7. The lowest BCUT2D eigenvalue weighted by molar-refractivity contribution is 0.425. The summed E-state index contributed by atoms with van der Waals surface area (Å²) in [6.45, 7) is 2.07. The van der Waals surface area contributed by atoms with Gasteiger partial charge in [0.15, 0.2) is 5.82 Å². The molecule has 0 aliphatic heterocycles. The standard InChI is InChI=1S/C15H14N4OS/c1-10-3-2-4-13(5-10)21-9-14-18-15(20-19-14)11-6-12(16)8-17-7-11/h2-8H,9,16H2,1H3. The highest BCUT2D eigenvalue weighted by Gasteiger charge is 2.09. The second kappa shape index (κ2) is 5.97. The molecular weight excluding hydrogens is 284 g/mol. The molecule has 6 heteroatoms. The molecule has 0 aliphatic rings. The number of nitrogens with zero attached hydrogens (tertiary/aromatic N) is 3. The first-order valence-corrected chi connectivity index (χ1v) is 7.42. The summed E-state index contributed by atoms with van der Waals surface area (Å²) >= 11 is 1.67. The molecule has 0 atom stereocenters. The second-order valence-corrected chi connectivity index (χ2v) is 5.68. The lowest BCUT2D eigenvalue weighted by Gasteiger charge is -1.99. The van der Waals surface area contributed by atoms with E-state index in [0.29, 0.717) is 23.2 Å². The van der Waals surface area contributed by atoms with Gasteiger partial charge in [0, 0.05) is 17.3 Å². The lowest BCUT2D eigenvalue weighted by atomic mass is 10.2. The molecule has 2 heterocycles. The number of anilines is 1. The zero-order valence-corrected chi connectivity index (χ0v) is 12.3. The van der Waals surface area contributed by atoms with Gasteiger partial charge in [-0.15, -0.1) is 11.8 Å². The number of nitrogen functional groups attached to an aromatic ring is 1. The Morgan fingerprint density at radius 1 is 1.24 bits per heavy atom. The van der Waals surface area contributed by atoms with Gasteiger partial charge in [-0.2, -0.15) is 4.98 Å². The SMILES string of the molecule is Cc1cccc(SCc2noc(-c3cncc(N)c3)n2)c1. The molecule has 3 rings (SSSR count). The van der Waals surface area contributed by atoms with E-state index in [9.17, 15) is 0 Å². The largest absolute Gasteiger partial charge is 0.397 e. The molecule has 2 N–H and O–H groups in total. The Morgan fingerprint density at radius 3 is 2.95 bits per heavy atom. The van der Waals surface area contributed by atoms with Crippen molar-refractivity contribution in [1.29, 1.82) is 0 Å². The first-order chi connectivity index (χ1) is 10.2. The average molecular weight is 298 g/mol. The predicted octanol–water partition coefficient (Wildman–Crippen LogP) is 3.31. The first kappa shape index (κ1) is 13.6. The summed E-state index contributed by atoms with van der Waals surface area (Å²) in [6.07, 6.45) is 3.23. The molecule has 0 fully saturated rings. The molecule has 0 spiro atoms. The Labute approximate surface area is 126 Å². The summed E-state index contributed by atoms with van der Waals surface area (Å²) in [6, 6.07) is 10.1. The number of nitrogens with two attached hydrogens (primary N) is 1. The van der Waals surface area contributed by atoms with Crippen LogP contribution < -0.4 is 5.73 Å². The molecular formula is C15H14N4OS. The number of hydrogen-bond acceptors (Lipinski definition) is 6. The quantitative estimate of drug-likeness (QED) is 0.744. The van der Waals surface area contributed by atoms with E-state index in [2.05, 4.69) is 40.2 Å². The van der Waals surface area contributed by atoms with Crippen LogP contribution in [0, 0.1) is 6.92 Å². The van der Waals surface area contributed by atoms with Gasteiger partial charge in [-0.1, -0.05) is 22.9 Å². The van der Waals surface area contributed by atoms with Crippen LogP contribution in [0.3, 0.4) is 0 Å². The zero-order valence-electron chi connectivity index (χ0n) is 11.5. The van der Waals surface area contributed by atoms with Crippen molar-refractivity contribution in [2.45, 2.75) is 17.6 Å². The molecule has 0 aliphatic carbocycles.